The quantitative estimate of drug-likeness (QED) is 0.352. The Morgan fingerprint density at radius 3 is 2.38 bits per heavy atom. The van der Waals surface area contributed by atoms with E-state index >= 15 is 0 Å². The largest absolute Gasteiger partial charge is 0.295 e. The van der Waals surface area contributed by atoms with Gasteiger partial charge in [-0.15, -0.1) is 6.42 Å². The number of aromatic nitrogens is 2. The van der Waals surface area contributed by atoms with Gasteiger partial charge in [-0.25, -0.2) is 4.98 Å². The summed E-state index contributed by atoms with van der Waals surface area (Å²) in [5.41, 5.74) is -0.870. The Kier molecular flexibility index (Phi) is 5.95. The molecule has 220 valence electrons. The Bertz CT molecular complexity index is 1580. The molecular weight excluding hydrogens is 522 g/mol. The van der Waals surface area contributed by atoms with Gasteiger partial charge >= 0.3 is 0 Å². The number of allylic oxidation sites excluding steroid dienone is 4. The number of carbonyl (C=O) groups is 3. The second-order valence-electron chi connectivity index (χ2n) is 16.0. The van der Waals surface area contributed by atoms with Gasteiger partial charge in [0.2, 0.25) is 5.91 Å². The number of fused-ring (bicyclic) bond motifs is 7. The van der Waals surface area contributed by atoms with Crippen molar-refractivity contribution in [2.24, 2.45) is 50.2 Å². The zero-order chi connectivity index (χ0) is 30.7. The number of carbonyl (C=O) groups excluding carboxylic acids is 3. The Morgan fingerprint density at radius 2 is 1.74 bits per heavy atom. The molecule has 1 aromatic heterocycles. The first-order chi connectivity index (χ1) is 19.5. The third kappa shape index (κ3) is 3.45. The van der Waals surface area contributed by atoms with E-state index in [0.717, 1.165) is 44.1 Å². The van der Waals surface area contributed by atoms with E-state index in [1.165, 1.54) is 6.33 Å². The second kappa shape index (κ2) is 8.66. The molecule has 0 aliphatic heterocycles. The molecule has 6 heteroatoms. The molecule has 0 saturated heterocycles. The van der Waals surface area contributed by atoms with Gasteiger partial charge in [0.1, 0.15) is 18.1 Å². The number of hydrogen-bond donors (Lipinski definition) is 0. The molecular formula is C36H43N3O3. The van der Waals surface area contributed by atoms with Crippen LogP contribution in [0.15, 0.2) is 35.8 Å². The molecule has 3 fully saturated rings. The van der Waals surface area contributed by atoms with Crippen LogP contribution in [0.3, 0.4) is 0 Å². The first kappa shape index (κ1) is 28.9. The fraction of sp³-hybridized carbons (Fsp3) is 0.639. The first-order valence-corrected chi connectivity index (χ1v) is 15.5. The van der Waals surface area contributed by atoms with Gasteiger partial charge in [-0.1, -0.05) is 60.1 Å². The van der Waals surface area contributed by atoms with Crippen molar-refractivity contribution in [3.8, 4) is 18.4 Å². The Labute approximate surface area is 250 Å². The highest BCUT2D eigenvalue weighted by Gasteiger charge is 2.71. The van der Waals surface area contributed by atoms with E-state index in [0.29, 0.717) is 12.1 Å². The molecule has 0 N–H and O–H groups in total. The van der Waals surface area contributed by atoms with Crippen LogP contribution in [0.4, 0.5) is 0 Å². The summed E-state index contributed by atoms with van der Waals surface area (Å²) in [6, 6.07) is 2.18. The Balaban J connectivity index is 1.52. The lowest BCUT2D eigenvalue weighted by molar-refractivity contribution is -0.164. The van der Waals surface area contributed by atoms with Crippen LogP contribution in [0.1, 0.15) is 104 Å². The summed E-state index contributed by atoms with van der Waals surface area (Å²) in [6.45, 7) is 15.2. The molecule has 1 aromatic rings. The standard InChI is InChI=1S/C36H43N3O3/c1-9-23-20-39(21-38-23)30(42)36-14-12-31(2,3)18-24(36)28-25(40)16-27-33(6)17-22(19-37)29(41)32(4,5)26(33)10-11-34(27,7)35(28,8)13-15-36/h1,16-17,20-21,24,26,28H,10-15,18H2,2-8H3/t24-,26-,28-,33-,34+,35+,36-/m0/s1. The predicted molar refractivity (Wildman–Crippen MR) is 160 cm³/mol. The van der Waals surface area contributed by atoms with E-state index in [1.807, 2.05) is 26.0 Å². The number of rotatable bonds is 1. The van der Waals surface area contributed by atoms with Crippen molar-refractivity contribution in [3.05, 3.63) is 41.5 Å². The van der Waals surface area contributed by atoms with Crippen molar-refractivity contribution in [2.75, 3.05) is 0 Å². The Morgan fingerprint density at radius 1 is 1.05 bits per heavy atom. The van der Waals surface area contributed by atoms with Crippen molar-refractivity contribution >= 4 is 17.5 Å². The maximum absolute atomic E-state index is 14.7. The number of hydrogen-bond acceptors (Lipinski definition) is 5. The van der Waals surface area contributed by atoms with E-state index in [2.05, 4.69) is 51.6 Å². The van der Waals surface area contributed by atoms with E-state index in [-0.39, 0.29) is 57.0 Å². The molecule has 6 rings (SSSR count). The molecule has 3 saturated carbocycles. The molecule has 0 unspecified atom stereocenters. The van der Waals surface area contributed by atoms with Gasteiger partial charge in [-0.05, 0) is 85.0 Å². The smallest absolute Gasteiger partial charge is 0.238 e. The summed E-state index contributed by atoms with van der Waals surface area (Å²) in [6.07, 6.45) is 18.2. The third-order valence-electron chi connectivity index (χ3n) is 13.3. The third-order valence-corrected chi connectivity index (χ3v) is 13.3. The fourth-order valence-electron chi connectivity index (χ4n) is 10.8. The SMILES string of the molecule is C#Cc1cn(C(=O)[C@]23CCC(C)(C)C[C@H]2[C@H]2C(=O)C=C4[C@@]5(C)C=C(C#N)C(=O)C(C)(C)[C@@H]5CC[C@@]4(C)[C@]2(C)CC3)cn1. The Hall–Kier alpha value is -3.25. The number of imidazole rings is 1. The summed E-state index contributed by atoms with van der Waals surface area (Å²) in [7, 11) is 0. The summed E-state index contributed by atoms with van der Waals surface area (Å²) in [4.78, 5) is 46.6. The van der Waals surface area contributed by atoms with Crippen LogP contribution in [0.25, 0.3) is 0 Å². The van der Waals surface area contributed by atoms with Crippen LogP contribution in [0.2, 0.25) is 0 Å². The zero-order valence-electron chi connectivity index (χ0n) is 26.1. The molecule has 0 aromatic carbocycles. The average molecular weight is 566 g/mol. The molecule has 42 heavy (non-hydrogen) atoms. The van der Waals surface area contributed by atoms with E-state index in [4.69, 9.17) is 6.42 Å². The summed E-state index contributed by atoms with van der Waals surface area (Å²) in [5.74, 6) is 2.15. The highest BCUT2D eigenvalue weighted by atomic mass is 16.2. The maximum atomic E-state index is 14.7. The normalized spacial score (nSPS) is 41.5. The molecule has 5 aliphatic carbocycles. The molecule has 5 aliphatic rings. The minimum atomic E-state index is -0.693. The highest BCUT2D eigenvalue weighted by molar-refractivity contribution is 6.04. The topological polar surface area (TPSA) is 92.8 Å². The minimum absolute atomic E-state index is 0.00587. The van der Waals surface area contributed by atoms with Crippen LogP contribution in [-0.2, 0) is 9.59 Å². The van der Waals surface area contributed by atoms with Crippen molar-refractivity contribution in [2.45, 2.75) is 93.4 Å². The summed E-state index contributed by atoms with van der Waals surface area (Å²) in [5, 5.41) is 9.94. The van der Waals surface area contributed by atoms with Crippen LogP contribution < -0.4 is 0 Å². The van der Waals surface area contributed by atoms with Gasteiger partial charge in [0.25, 0.3) is 0 Å². The zero-order valence-corrected chi connectivity index (χ0v) is 26.1. The molecule has 1 heterocycles. The number of terminal acetylenes is 1. The van der Waals surface area contributed by atoms with Crippen molar-refractivity contribution < 1.29 is 14.4 Å². The van der Waals surface area contributed by atoms with Gasteiger partial charge in [0.05, 0.1) is 11.0 Å². The van der Waals surface area contributed by atoms with Gasteiger partial charge in [-0.2, -0.15) is 5.26 Å². The first-order valence-electron chi connectivity index (χ1n) is 15.5. The van der Waals surface area contributed by atoms with Crippen molar-refractivity contribution in [1.82, 2.24) is 9.55 Å². The lowest BCUT2D eigenvalue weighted by Gasteiger charge is -2.69. The lowest BCUT2D eigenvalue weighted by atomic mass is 9.34. The van der Waals surface area contributed by atoms with Gasteiger partial charge < -0.3 is 0 Å². The molecule has 0 bridgehead atoms. The van der Waals surface area contributed by atoms with Gasteiger partial charge in [0, 0.05) is 22.9 Å². The summed E-state index contributed by atoms with van der Waals surface area (Å²) < 4.78 is 1.57. The molecule has 6 nitrogen and oxygen atoms in total. The maximum Gasteiger partial charge on any atom is 0.238 e. The van der Waals surface area contributed by atoms with Gasteiger partial charge in [-0.3, -0.25) is 19.0 Å². The molecule has 7 atom stereocenters. The number of Topliss-reactive ketones (excluding diaryl/α,β-unsaturated/α-hetero) is 1. The second-order valence-corrected chi connectivity index (χ2v) is 16.0. The van der Waals surface area contributed by atoms with Crippen molar-refractivity contribution in [3.63, 3.8) is 0 Å². The summed E-state index contributed by atoms with van der Waals surface area (Å²) >= 11 is 0. The molecule has 0 radical (unpaired) electrons. The van der Waals surface area contributed by atoms with Crippen LogP contribution in [-0.4, -0.2) is 27.0 Å². The number of nitrogens with zero attached hydrogens (tertiary/aromatic N) is 3. The van der Waals surface area contributed by atoms with Crippen LogP contribution in [0, 0.1) is 73.9 Å². The molecule has 0 amide bonds. The fourth-order valence-corrected chi connectivity index (χ4v) is 10.8. The van der Waals surface area contributed by atoms with Gasteiger partial charge in [0.15, 0.2) is 11.6 Å². The minimum Gasteiger partial charge on any atom is -0.295 e. The average Bonchev–Trinajstić information content (AvgIpc) is 3.41. The molecule has 0 spiro atoms. The van der Waals surface area contributed by atoms with E-state index in [1.54, 1.807) is 10.8 Å². The van der Waals surface area contributed by atoms with Crippen molar-refractivity contribution in [1.29, 1.82) is 5.26 Å². The van der Waals surface area contributed by atoms with E-state index < -0.39 is 16.2 Å². The monoisotopic (exact) mass is 565 g/mol. The number of nitriles is 1. The van der Waals surface area contributed by atoms with E-state index in [9.17, 15) is 19.6 Å². The van der Waals surface area contributed by atoms with Crippen LogP contribution >= 0.6 is 0 Å². The predicted octanol–water partition coefficient (Wildman–Crippen LogP) is 6.72. The lowest BCUT2D eigenvalue weighted by Crippen LogP contribution is -2.66. The van der Waals surface area contributed by atoms with Crippen LogP contribution in [0.5, 0.6) is 0 Å². The number of ketones is 2. The highest BCUT2D eigenvalue weighted by Crippen LogP contribution is 2.74.